The van der Waals surface area contributed by atoms with E-state index in [1.54, 1.807) is 22.7 Å². The van der Waals surface area contributed by atoms with Crippen molar-refractivity contribution in [2.45, 2.75) is 19.4 Å². The average Bonchev–Trinajstić information content (AvgIpc) is 2.90. The van der Waals surface area contributed by atoms with E-state index in [1.165, 1.54) is 11.1 Å². The molecular formula is C12H15NS2. The zero-order valence-electron chi connectivity index (χ0n) is 8.77. The lowest BCUT2D eigenvalue weighted by Crippen LogP contribution is -2.18. The van der Waals surface area contributed by atoms with E-state index < -0.39 is 0 Å². The first kappa shape index (κ1) is 10.9. The molecule has 2 aromatic rings. The van der Waals surface area contributed by atoms with Crippen LogP contribution in [0.15, 0.2) is 33.7 Å². The van der Waals surface area contributed by atoms with Crippen LogP contribution >= 0.6 is 22.7 Å². The maximum absolute atomic E-state index is 3.49. The number of nitrogens with one attached hydrogen (secondary N) is 1. The molecule has 0 bridgehead atoms. The molecule has 0 saturated heterocycles. The van der Waals surface area contributed by atoms with Gasteiger partial charge in [0.1, 0.15) is 0 Å². The summed E-state index contributed by atoms with van der Waals surface area (Å²) in [5.74, 6) is 0.606. The number of rotatable bonds is 5. The molecule has 15 heavy (non-hydrogen) atoms. The van der Waals surface area contributed by atoms with Gasteiger partial charge in [0.15, 0.2) is 0 Å². The van der Waals surface area contributed by atoms with Crippen LogP contribution in [0.4, 0.5) is 0 Å². The van der Waals surface area contributed by atoms with Gasteiger partial charge in [-0.1, -0.05) is 6.92 Å². The molecule has 3 heteroatoms. The summed E-state index contributed by atoms with van der Waals surface area (Å²) >= 11 is 3.53. The third-order valence-corrected chi connectivity index (χ3v) is 3.91. The Bertz CT molecular complexity index is 364. The maximum Gasteiger partial charge on any atom is 0.0213 e. The van der Waals surface area contributed by atoms with Gasteiger partial charge in [-0.15, -0.1) is 0 Å². The van der Waals surface area contributed by atoms with Crippen molar-refractivity contribution in [3.63, 3.8) is 0 Å². The fourth-order valence-electron chi connectivity index (χ4n) is 1.50. The van der Waals surface area contributed by atoms with Gasteiger partial charge in [0.05, 0.1) is 0 Å². The summed E-state index contributed by atoms with van der Waals surface area (Å²) in [6, 6.07) is 4.38. The number of hydrogen-bond donors (Lipinski definition) is 1. The molecule has 0 saturated carbocycles. The van der Waals surface area contributed by atoms with Gasteiger partial charge in [0.2, 0.25) is 0 Å². The lowest BCUT2D eigenvalue weighted by Gasteiger charge is -2.10. The SMILES string of the molecule is CC(CNCc1ccsc1)c1ccsc1. The largest absolute Gasteiger partial charge is 0.312 e. The molecule has 2 heterocycles. The minimum atomic E-state index is 0.606. The van der Waals surface area contributed by atoms with Gasteiger partial charge in [-0.05, 0) is 50.7 Å². The molecule has 0 amide bonds. The second-order valence-corrected chi connectivity index (χ2v) is 5.28. The highest BCUT2D eigenvalue weighted by Gasteiger charge is 2.04. The molecule has 0 spiro atoms. The van der Waals surface area contributed by atoms with Gasteiger partial charge in [-0.2, -0.15) is 22.7 Å². The van der Waals surface area contributed by atoms with E-state index >= 15 is 0 Å². The van der Waals surface area contributed by atoms with E-state index in [2.05, 4.69) is 45.9 Å². The predicted molar refractivity (Wildman–Crippen MR) is 68.8 cm³/mol. The van der Waals surface area contributed by atoms with Gasteiger partial charge in [-0.3, -0.25) is 0 Å². The molecule has 0 aliphatic rings. The first-order valence-corrected chi connectivity index (χ1v) is 6.98. The van der Waals surface area contributed by atoms with E-state index in [4.69, 9.17) is 0 Å². The quantitative estimate of drug-likeness (QED) is 0.836. The fraction of sp³-hybridized carbons (Fsp3) is 0.333. The smallest absolute Gasteiger partial charge is 0.0213 e. The summed E-state index contributed by atoms with van der Waals surface area (Å²) in [6.07, 6.45) is 0. The Morgan fingerprint density at radius 1 is 1.20 bits per heavy atom. The molecule has 80 valence electrons. The van der Waals surface area contributed by atoms with Crippen molar-refractivity contribution < 1.29 is 0 Å². The molecule has 1 atom stereocenters. The van der Waals surface area contributed by atoms with Crippen LogP contribution in [0.2, 0.25) is 0 Å². The zero-order chi connectivity index (χ0) is 10.5. The second-order valence-electron chi connectivity index (χ2n) is 3.72. The molecule has 1 N–H and O–H groups in total. The van der Waals surface area contributed by atoms with Crippen molar-refractivity contribution >= 4 is 22.7 Å². The maximum atomic E-state index is 3.49. The topological polar surface area (TPSA) is 12.0 Å². The lowest BCUT2D eigenvalue weighted by atomic mass is 10.1. The normalized spacial score (nSPS) is 12.9. The van der Waals surface area contributed by atoms with Crippen molar-refractivity contribution in [2.75, 3.05) is 6.54 Å². The van der Waals surface area contributed by atoms with E-state index in [9.17, 15) is 0 Å². The Balaban J connectivity index is 1.74. The molecule has 0 fully saturated rings. The third-order valence-electron chi connectivity index (χ3n) is 2.47. The first-order valence-electron chi connectivity index (χ1n) is 5.10. The molecule has 1 nitrogen and oxygen atoms in total. The Kier molecular flexibility index (Phi) is 3.94. The van der Waals surface area contributed by atoms with Crippen molar-refractivity contribution in [1.29, 1.82) is 0 Å². The Morgan fingerprint density at radius 2 is 2.00 bits per heavy atom. The molecule has 0 radical (unpaired) electrons. The van der Waals surface area contributed by atoms with Crippen LogP contribution in [-0.4, -0.2) is 6.54 Å². The van der Waals surface area contributed by atoms with E-state index in [1.807, 2.05) is 0 Å². The van der Waals surface area contributed by atoms with Gasteiger partial charge in [-0.25, -0.2) is 0 Å². The van der Waals surface area contributed by atoms with Gasteiger partial charge in [0, 0.05) is 13.1 Å². The molecular weight excluding hydrogens is 222 g/mol. The van der Waals surface area contributed by atoms with E-state index in [-0.39, 0.29) is 0 Å². The van der Waals surface area contributed by atoms with Crippen LogP contribution in [0, 0.1) is 0 Å². The Labute approximate surface area is 98.8 Å². The minimum Gasteiger partial charge on any atom is -0.312 e. The highest BCUT2D eigenvalue weighted by Crippen LogP contribution is 2.17. The summed E-state index contributed by atoms with van der Waals surface area (Å²) in [6.45, 7) is 4.30. The van der Waals surface area contributed by atoms with E-state index in [0.29, 0.717) is 5.92 Å². The average molecular weight is 237 g/mol. The third kappa shape index (κ3) is 3.16. The molecule has 0 aliphatic carbocycles. The van der Waals surface area contributed by atoms with Crippen molar-refractivity contribution in [2.24, 2.45) is 0 Å². The minimum absolute atomic E-state index is 0.606. The van der Waals surface area contributed by atoms with Gasteiger partial charge < -0.3 is 5.32 Å². The second kappa shape index (κ2) is 5.45. The van der Waals surface area contributed by atoms with Gasteiger partial charge >= 0.3 is 0 Å². The Morgan fingerprint density at radius 3 is 2.67 bits per heavy atom. The Hall–Kier alpha value is -0.640. The highest BCUT2D eigenvalue weighted by atomic mass is 32.1. The van der Waals surface area contributed by atoms with E-state index in [0.717, 1.165) is 13.1 Å². The number of thiophene rings is 2. The molecule has 0 aromatic carbocycles. The summed E-state index contributed by atoms with van der Waals surface area (Å²) in [5, 5.41) is 12.2. The summed E-state index contributed by atoms with van der Waals surface area (Å²) in [4.78, 5) is 0. The molecule has 0 aliphatic heterocycles. The van der Waals surface area contributed by atoms with Crippen LogP contribution in [0.5, 0.6) is 0 Å². The lowest BCUT2D eigenvalue weighted by molar-refractivity contribution is 0.617. The highest BCUT2D eigenvalue weighted by molar-refractivity contribution is 7.08. The monoisotopic (exact) mass is 237 g/mol. The molecule has 1 unspecified atom stereocenters. The van der Waals surface area contributed by atoms with Crippen molar-refractivity contribution in [1.82, 2.24) is 5.32 Å². The predicted octanol–water partition coefficient (Wildman–Crippen LogP) is 3.70. The van der Waals surface area contributed by atoms with Crippen molar-refractivity contribution in [3.8, 4) is 0 Å². The van der Waals surface area contributed by atoms with Crippen LogP contribution in [0.3, 0.4) is 0 Å². The number of hydrogen-bond acceptors (Lipinski definition) is 3. The van der Waals surface area contributed by atoms with Crippen molar-refractivity contribution in [3.05, 3.63) is 44.8 Å². The van der Waals surface area contributed by atoms with Crippen LogP contribution in [0.25, 0.3) is 0 Å². The summed E-state index contributed by atoms with van der Waals surface area (Å²) < 4.78 is 0. The van der Waals surface area contributed by atoms with Gasteiger partial charge in [0.25, 0.3) is 0 Å². The summed E-state index contributed by atoms with van der Waals surface area (Å²) in [7, 11) is 0. The zero-order valence-corrected chi connectivity index (χ0v) is 10.4. The standard InChI is InChI=1S/C12H15NS2/c1-10(12-3-5-15-9-12)6-13-7-11-2-4-14-8-11/h2-5,8-10,13H,6-7H2,1H3. The van der Waals surface area contributed by atoms with Crippen LogP contribution < -0.4 is 5.32 Å². The molecule has 2 rings (SSSR count). The first-order chi connectivity index (χ1) is 7.36. The van der Waals surface area contributed by atoms with Crippen LogP contribution in [-0.2, 0) is 6.54 Å². The summed E-state index contributed by atoms with van der Waals surface area (Å²) in [5.41, 5.74) is 2.83. The molecule has 2 aromatic heterocycles. The fourth-order valence-corrected chi connectivity index (χ4v) is 2.95. The van der Waals surface area contributed by atoms with Crippen LogP contribution in [0.1, 0.15) is 24.0 Å².